The molecule has 8 nitrogen and oxygen atoms in total. The number of amides is 1. The van der Waals surface area contributed by atoms with Crippen LogP contribution in [0.1, 0.15) is 63.8 Å². The van der Waals surface area contributed by atoms with Crippen LogP contribution in [0.2, 0.25) is 0 Å². The number of likely N-dealkylation sites (tertiary alicyclic amines) is 1. The first-order chi connectivity index (χ1) is 15.0. The largest absolute Gasteiger partial charge is 0.494 e. The fraction of sp³-hybridized carbons (Fsp3) is 0.391. The zero-order valence-electron chi connectivity index (χ0n) is 17.5. The number of Topliss-reactive ketones (excluding diaryl/α,β-unsaturated/α-hetero) is 2. The molecular formula is C23H26N2O6. The highest BCUT2D eigenvalue weighted by molar-refractivity contribution is 6.01. The number of benzene rings is 1. The van der Waals surface area contributed by atoms with Crippen molar-refractivity contribution in [2.45, 2.75) is 32.6 Å². The number of nitrogens with zero attached hydrogens (tertiary/aromatic N) is 1. The van der Waals surface area contributed by atoms with Gasteiger partial charge in [-0.15, -0.1) is 0 Å². The van der Waals surface area contributed by atoms with Crippen LogP contribution >= 0.6 is 0 Å². The number of aromatic amines is 1. The summed E-state index contributed by atoms with van der Waals surface area (Å²) in [5, 5.41) is 0. The van der Waals surface area contributed by atoms with E-state index in [2.05, 4.69) is 4.98 Å². The molecule has 1 aromatic heterocycles. The van der Waals surface area contributed by atoms with E-state index in [0.717, 1.165) is 12.8 Å². The number of esters is 1. The second kappa shape index (κ2) is 10.6. The van der Waals surface area contributed by atoms with Gasteiger partial charge in [0.15, 0.2) is 12.4 Å². The fourth-order valence-electron chi connectivity index (χ4n) is 3.33. The molecule has 0 spiro atoms. The first-order valence-corrected chi connectivity index (χ1v) is 10.4. The van der Waals surface area contributed by atoms with Gasteiger partial charge in [-0.1, -0.05) is 0 Å². The van der Waals surface area contributed by atoms with E-state index in [9.17, 15) is 19.2 Å². The number of nitrogens with one attached hydrogen (secondary N) is 1. The average Bonchev–Trinajstić information content (AvgIpc) is 3.48. The number of hydrogen-bond acceptors (Lipinski definition) is 6. The molecule has 1 saturated heterocycles. The summed E-state index contributed by atoms with van der Waals surface area (Å²) in [7, 11) is 0. The van der Waals surface area contributed by atoms with Crippen LogP contribution in [0, 0.1) is 0 Å². The fourth-order valence-corrected chi connectivity index (χ4v) is 3.33. The van der Waals surface area contributed by atoms with Crippen LogP contribution in [0.15, 0.2) is 36.5 Å². The molecule has 1 aromatic carbocycles. The molecule has 1 aliphatic heterocycles. The van der Waals surface area contributed by atoms with Gasteiger partial charge in [0.2, 0.25) is 5.78 Å². The van der Waals surface area contributed by atoms with Crippen LogP contribution in [0.25, 0.3) is 0 Å². The molecule has 0 bridgehead atoms. The van der Waals surface area contributed by atoms with Crippen molar-refractivity contribution in [1.29, 1.82) is 0 Å². The summed E-state index contributed by atoms with van der Waals surface area (Å²) in [5.74, 6) is -0.699. The Hall–Kier alpha value is -3.42. The molecule has 0 radical (unpaired) electrons. The lowest BCUT2D eigenvalue weighted by molar-refractivity contribution is -0.142. The van der Waals surface area contributed by atoms with E-state index in [4.69, 9.17) is 9.47 Å². The van der Waals surface area contributed by atoms with Crippen LogP contribution in [0.4, 0.5) is 0 Å². The van der Waals surface area contributed by atoms with Crippen molar-refractivity contribution in [2.24, 2.45) is 0 Å². The summed E-state index contributed by atoms with van der Waals surface area (Å²) in [5.41, 5.74) is 1.10. The van der Waals surface area contributed by atoms with Gasteiger partial charge < -0.3 is 19.4 Å². The second-order valence-electron chi connectivity index (χ2n) is 7.27. The Kier molecular flexibility index (Phi) is 7.59. The monoisotopic (exact) mass is 426 g/mol. The van der Waals surface area contributed by atoms with Gasteiger partial charge in [-0.05, 0) is 50.1 Å². The van der Waals surface area contributed by atoms with Crippen LogP contribution < -0.4 is 4.74 Å². The van der Waals surface area contributed by atoms with Gasteiger partial charge in [0.25, 0.3) is 5.91 Å². The lowest BCUT2D eigenvalue weighted by Crippen LogP contribution is -2.27. The van der Waals surface area contributed by atoms with E-state index in [1.165, 1.54) is 12.3 Å². The van der Waals surface area contributed by atoms with Gasteiger partial charge in [-0.25, -0.2) is 0 Å². The van der Waals surface area contributed by atoms with Crippen molar-refractivity contribution in [3.8, 4) is 5.75 Å². The van der Waals surface area contributed by atoms with E-state index in [1.807, 2.05) is 6.92 Å². The summed E-state index contributed by atoms with van der Waals surface area (Å²) in [4.78, 5) is 53.3. The molecule has 3 rings (SSSR count). The normalized spacial score (nSPS) is 13.1. The van der Waals surface area contributed by atoms with Crippen molar-refractivity contribution in [3.63, 3.8) is 0 Å². The molecule has 2 heterocycles. The number of H-pyrrole nitrogens is 1. The number of ketones is 2. The van der Waals surface area contributed by atoms with E-state index in [0.29, 0.717) is 36.7 Å². The molecule has 2 aromatic rings. The van der Waals surface area contributed by atoms with Crippen LogP contribution in [-0.4, -0.2) is 59.6 Å². The Balaban J connectivity index is 1.42. The van der Waals surface area contributed by atoms with Crippen LogP contribution in [-0.2, 0) is 9.53 Å². The number of carbonyl (C=O) groups is 4. The molecule has 1 fully saturated rings. The maximum Gasteiger partial charge on any atom is 0.306 e. The Morgan fingerprint density at radius 3 is 2.35 bits per heavy atom. The molecule has 164 valence electrons. The molecule has 0 unspecified atom stereocenters. The van der Waals surface area contributed by atoms with Crippen molar-refractivity contribution in [2.75, 3.05) is 26.3 Å². The third-order valence-electron chi connectivity index (χ3n) is 5.04. The highest BCUT2D eigenvalue weighted by Crippen LogP contribution is 2.15. The number of hydrogen-bond donors (Lipinski definition) is 1. The third kappa shape index (κ3) is 6.04. The van der Waals surface area contributed by atoms with Crippen LogP contribution in [0.5, 0.6) is 5.75 Å². The summed E-state index contributed by atoms with van der Waals surface area (Å²) in [6, 6.07) is 8.18. The van der Waals surface area contributed by atoms with Crippen molar-refractivity contribution in [1.82, 2.24) is 9.88 Å². The zero-order chi connectivity index (χ0) is 22.2. The summed E-state index contributed by atoms with van der Waals surface area (Å²) in [6.45, 7) is 3.41. The summed E-state index contributed by atoms with van der Waals surface area (Å²) >= 11 is 0. The van der Waals surface area contributed by atoms with Gasteiger partial charge >= 0.3 is 5.97 Å². The Morgan fingerprint density at radius 2 is 1.68 bits per heavy atom. The quantitative estimate of drug-likeness (QED) is 0.462. The van der Waals surface area contributed by atoms with Gasteiger partial charge in [0, 0.05) is 36.8 Å². The number of rotatable bonds is 10. The molecule has 1 amide bonds. The maximum atomic E-state index is 12.3. The lowest BCUT2D eigenvalue weighted by Gasteiger charge is -2.13. The van der Waals surface area contributed by atoms with E-state index >= 15 is 0 Å². The van der Waals surface area contributed by atoms with E-state index in [-0.39, 0.29) is 30.1 Å². The number of carbonyl (C=O) groups excluding carboxylic acids is 4. The highest BCUT2D eigenvalue weighted by atomic mass is 16.5. The Labute approximate surface area is 180 Å². The SMILES string of the molecule is CCOc1ccc(C(=O)CCC(=O)OCC(=O)c2c[nH]c(C(=O)N3CCCC3)c2)cc1. The van der Waals surface area contributed by atoms with Gasteiger partial charge in [-0.2, -0.15) is 0 Å². The van der Waals surface area contributed by atoms with Crippen molar-refractivity contribution in [3.05, 3.63) is 53.3 Å². The molecule has 0 aliphatic carbocycles. The number of ether oxygens (including phenoxy) is 2. The van der Waals surface area contributed by atoms with Crippen molar-refractivity contribution < 1.29 is 28.7 Å². The van der Waals surface area contributed by atoms with Gasteiger partial charge in [0.05, 0.1) is 13.0 Å². The molecule has 0 saturated carbocycles. The third-order valence-corrected chi connectivity index (χ3v) is 5.04. The zero-order valence-corrected chi connectivity index (χ0v) is 17.5. The lowest BCUT2D eigenvalue weighted by atomic mass is 10.1. The number of aromatic nitrogens is 1. The standard InChI is InChI=1S/C23H26N2O6/c1-2-30-18-7-5-16(6-8-18)20(26)9-10-22(28)31-15-21(27)17-13-19(24-14-17)23(29)25-11-3-4-12-25/h5-8,13-14,24H,2-4,9-12,15H2,1H3. The average molecular weight is 426 g/mol. The topological polar surface area (TPSA) is 106 Å². The smallest absolute Gasteiger partial charge is 0.306 e. The summed E-state index contributed by atoms with van der Waals surface area (Å²) in [6.07, 6.45) is 3.27. The minimum atomic E-state index is -0.628. The molecular weight excluding hydrogens is 400 g/mol. The minimum Gasteiger partial charge on any atom is -0.494 e. The first kappa shape index (κ1) is 22.3. The molecule has 31 heavy (non-hydrogen) atoms. The Morgan fingerprint density at radius 1 is 0.968 bits per heavy atom. The Bertz CT molecular complexity index is 941. The maximum absolute atomic E-state index is 12.3. The second-order valence-corrected chi connectivity index (χ2v) is 7.27. The predicted molar refractivity (Wildman–Crippen MR) is 112 cm³/mol. The van der Waals surface area contributed by atoms with Gasteiger partial charge in [0.1, 0.15) is 11.4 Å². The summed E-state index contributed by atoms with van der Waals surface area (Å²) < 4.78 is 10.3. The minimum absolute atomic E-state index is 0.0142. The van der Waals surface area contributed by atoms with Crippen molar-refractivity contribution >= 4 is 23.4 Å². The van der Waals surface area contributed by atoms with Crippen LogP contribution in [0.3, 0.4) is 0 Å². The molecule has 8 heteroatoms. The van der Waals surface area contributed by atoms with E-state index in [1.54, 1.807) is 29.2 Å². The van der Waals surface area contributed by atoms with E-state index < -0.39 is 18.4 Å². The first-order valence-electron chi connectivity index (χ1n) is 10.4. The van der Waals surface area contributed by atoms with Gasteiger partial charge in [-0.3, -0.25) is 19.2 Å². The highest BCUT2D eigenvalue weighted by Gasteiger charge is 2.22. The molecule has 1 aliphatic rings. The molecule has 1 N–H and O–H groups in total. The predicted octanol–water partition coefficient (Wildman–Crippen LogP) is 3.04. The molecule has 0 atom stereocenters.